The highest BCUT2D eigenvalue weighted by molar-refractivity contribution is 6.06. The number of methoxy groups -OCH3 is 1. The molecule has 0 radical (unpaired) electrons. The summed E-state index contributed by atoms with van der Waals surface area (Å²) in [4.78, 5) is 16.7. The first-order chi connectivity index (χ1) is 11.0. The molecule has 3 atom stereocenters. The Morgan fingerprint density at radius 1 is 1.39 bits per heavy atom. The number of anilines is 1. The second-order valence-electron chi connectivity index (χ2n) is 5.91. The Morgan fingerprint density at radius 2 is 2.09 bits per heavy atom. The Morgan fingerprint density at radius 3 is 2.61 bits per heavy atom. The van der Waals surface area contributed by atoms with Crippen LogP contribution in [-0.2, 0) is 14.3 Å². The van der Waals surface area contributed by atoms with Gasteiger partial charge in [-0.3, -0.25) is 4.79 Å². The maximum Gasteiger partial charge on any atom is 0.238 e. The fourth-order valence-electron chi connectivity index (χ4n) is 2.96. The molecule has 1 aromatic carbocycles. The largest absolute Gasteiger partial charge is 0.497 e. The van der Waals surface area contributed by atoms with Gasteiger partial charge in [0.15, 0.2) is 5.79 Å². The maximum atomic E-state index is 12.4. The summed E-state index contributed by atoms with van der Waals surface area (Å²) in [5.74, 6) is -0.256. The van der Waals surface area contributed by atoms with E-state index in [1.165, 1.54) is 0 Å². The predicted molar refractivity (Wildman–Crippen MR) is 82.1 cm³/mol. The second-order valence-corrected chi connectivity index (χ2v) is 5.91. The molecule has 23 heavy (non-hydrogen) atoms. The van der Waals surface area contributed by atoms with E-state index in [0.717, 1.165) is 0 Å². The predicted octanol–water partition coefficient (Wildman–Crippen LogP) is 2.24. The summed E-state index contributed by atoms with van der Waals surface area (Å²) in [5, 5.41) is 3.62. The zero-order valence-corrected chi connectivity index (χ0v) is 13.2. The standard InChI is InChI=1S/C15H18N4O4/c1-15(2)22-8-11(23-15)13-12(17-18-16)14(20)19(13)9-4-6-10(21-3)7-5-9/h4-7,11-13H,8H2,1-3H3/t11-,12?,13+/m1/s1. The number of rotatable bonds is 4. The van der Waals surface area contributed by atoms with Crippen molar-refractivity contribution in [3.8, 4) is 5.75 Å². The van der Waals surface area contributed by atoms with E-state index in [1.54, 1.807) is 36.3 Å². The van der Waals surface area contributed by atoms with E-state index in [-0.39, 0.29) is 18.1 Å². The lowest BCUT2D eigenvalue weighted by atomic mass is 9.90. The molecule has 0 N–H and O–H groups in total. The number of nitrogens with zero attached hydrogens (tertiary/aromatic N) is 4. The number of ether oxygens (including phenoxy) is 3. The molecule has 2 aliphatic heterocycles. The van der Waals surface area contributed by atoms with Crippen molar-refractivity contribution in [2.75, 3.05) is 18.6 Å². The third-order valence-electron chi connectivity index (χ3n) is 4.05. The molecule has 0 aromatic heterocycles. The molecule has 0 spiro atoms. The van der Waals surface area contributed by atoms with Crippen LogP contribution in [0.2, 0.25) is 0 Å². The molecule has 3 rings (SSSR count). The van der Waals surface area contributed by atoms with Crippen LogP contribution in [0.3, 0.4) is 0 Å². The monoisotopic (exact) mass is 318 g/mol. The molecule has 0 saturated carbocycles. The highest BCUT2D eigenvalue weighted by Gasteiger charge is 2.55. The summed E-state index contributed by atoms with van der Waals surface area (Å²) in [6, 6.07) is 5.97. The number of carbonyl (C=O) groups excluding carboxylic acids is 1. The van der Waals surface area contributed by atoms with Crippen molar-refractivity contribution < 1.29 is 19.0 Å². The zero-order valence-electron chi connectivity index (χ0n) is 13.2. The molecule has 2 heterocycles. The van der Waals surface area contributed by atoms with Gasteiger partial charge in [0.2, 0.25) is 5.91 Å². The van der Waals surface area contributed by atoms with Crippen LogP contribution in [0.15, 0.2) is 29.4 Å². The van der Waals surface area contributed by atoms with E-state index >= 15 is 0 Å². The van der Waals surface area contributed by atoms with E-state index in [4.69, 9.17) is 19.7 Å². The number of azide groups is 1. The number of carbonyl (C=O) groups is 1. The second kappa shape index (κ2) is 5.73. The average Bonchev–Trinajstić information content (AvgIpc) is 2.89. The summed E-state index contributed by atoms with van der Waals surface area (Å²) < 4.78 is 16.6. The average molecular weight is 318 g/mol. The summed E-state index contributed by atoms with van der Waals surface area (Å²) in [7, 11) is 1.58. The van der Waals surface area contributed by atoms with Crippen LogP contribution in [0.5, 0.6) is 5.75 Å². The van der Waals surface area contributed by atoms with Gasteiger partial charge in [0, 0.05) is 10.6 Å². The SMILES string of the molecule is COc1ccc(N2C(=O)C(N=[N+]=[N-])[C@@H]2[C@H]2COC(C)(C)O2)cc1. The van der Waals surface area contributed by atoms with Crippen LogP contribution in [0.4, 0.5) is 5.69 Å². The third-order valence-corrected chi connectivity index (χ3v) is 4.05. The molecule has 2 saturated heterocycles. The van der Waals surface area contributed by atoms with Crippen molar-refractivity contribution in [2.45, 2.75) is 37.8 Å². The molecule has 8 nitrogen and oxygen atoms in total. The highest BCUT2D eigenvalue weighted by Crippen LogP contribution is 2.37. The number of amides is 1. The quantitative estimate of drug-likeness (QED) is 0.368. The Bertz CT molecular complexity index is 654. The normalized spacial score (nSPS) is 28.9. The first kappa shape index (κ1) is 15.6. The molecule has 2 aliphatic rings. The van der Waals surface area contributed by atoms with Crippen LogP contribution in [0.25, 0.3) is 10.4 Å². The lowest BCUT2D eigenvalue weighted by molar-refractivity contribution is -0.148. The van der Waals surface area contributed by atoms with Crippen LogP contribution in [0, 0.1) is 0 Å². The Balaban J connectivity index is 1.88. The van der Waals surface area contributed by atoms with Gasteiger partial charge < -0.3 is 19.1 Å². The first-order valence-electron chi connectivity index (χ1n) is 7.30. The highest BCUT2D eigenvalue weighted by atomic mass is 16.7. The Kier molecular flexibility index (Phi) is 3.89. The molecule has 1 aromatic rings. The summed E-state index contributed by atoms with van der Waals surface area (Å²) in [5.41, 5.74) is 9.41. The third kappa shape index (κ3) is 2.72. The van der Waals surface area contributed by atoms with Gasteiger partial charge in [-0.15, -0.1) is 0 Å². The van der Waals surface area contributed by atoms with Gasteiger partial charge in [0.25, 0.3) is 0 Å². The van der Waals surface area contributed by atoms with Crippen molar-refractivity contribution >= 4 is 11.6 Å². The van der Waals surface area contributed by atoms with Gasteiger partial charge >= 0.3 is 0 Å². The van der Waals surface area contributed by atoms with Crippen LogP contribution < -0.4 is 9.64 Å². The van der Waals surface area contributed by atoms with Gasteiger partial charge in [0.05, 0.1) is 19.8 Å². The van der Waals surface area contributed by atoms with Gasteiger partial charge in [-0.05, 0) is 43.6 Å². The van der Waals surface area contributed by atoms with E-state index in [2.05, 4.69) is 10.0 Å². The fraction of sp³-hybridized carbons (Fsp3) is 0.533. The molecule has 0 bridgehead atoms. The van der Waals surface area contributed by atoms with Crippen LogP contribution >= 0.6 is 0 Å². The van der Waals surface area contributed by atoms with Gasteiger partial charge in [-0.1, -0.05) is 5.11 Å². The Hall–Kier alpha value is -2.28. The number of β-lactam (4-membered cyclic amide) rings is 1. The lowest BCUT2D eigenvalue weighted by Gasteiger charge is -2.47. The van der Waals surface area contributed by atoms with Crippen molar-refractivity contribution in [2.24, 2.45) is 5.11 Å². The number of hydrogen-bond acceptors (Lipinski definition) is 5. The number of benzene rings is 1. The van der Waals surface area contributed by atoms with Gasteiger partial charge in [-0.2, -0.15) is 0 Å². The topological polar surface area (TPSA) is 96.8 Å². The minimum atomic E-state index is -0.774. The first-order valence-corrected chi connectivity index (χ1v) is 7.30. The molecule has 1 amide bonds. The number of hydrogen-bond donors (Lipinski definition) is 0. The minimum absolute atomic E-state index is 0.244. The lowest BCUT2D eigenvalue weighted by Crippen LogP contribution is -2.69. The van der Waals surface area contributed by atoms with E-state index in [0.29, 0.717) is 18.0 Å². The molecular weight excluding hydrogens is 300 g/mol. The van der Waals surface area contributed by atoms with Crippen molar-refractivity contribution in [3.63, 3.8) is 0 Å². The summed E-state index contributed by atoms with van der Waals surface area (Å²) >= 11 is 0. The summed E-state index contributed by atoms with van der Waals surface area (Å²) in [6.07, 6.45) is -0.347. The molecular formula is C15H18N4O4. The van der Waals surface area contributed by atoms with Gasteiger partial charge in [-0.25, -0.2) is 0 Å². The molecule has 122 valence electrons. The van der Waals surface area contributed by atoms with E-state index in [1.807, 2.05) is 13.8 Å². The molecule has 2 fully saturated rings. The molecule has 8 heteroatoms. The van der Waals surface area contributed by atoms with Crippen LogP contribution in [-0.4, -0.2) is 43.6 Å². The van der Waals surface area contributed by atoms with E-state index < -0.39 is 11.8 Å². The summed E-state index contributed by atoms with van der Waals surface area (Å²) in [6.45, 7) is 3.97. The van der Waals surface area contributed by atoms with E-state index in [9.17, 15) is 4.79 Å². The maximum absolute atomic E-state index is 12.4. The molecule has 0 aliphatic carbocycles. The molecule has 1 unspecified atom stereocenters. The minimum Gasteiger partial charge on any atom is -0.497 e. The Labute approximate surface area is 133 Å². The van der Waals surface area contributed by atoms with Crippen LogP contribution in [0.1, 0.15) is 13.8 Å². The zero-order chi connectivity index (χ0) is 16.6. The van der Waals surface area contributed by atoms with Crippen molar-refractivity contribution in [1.29, 1.82) is 0 Å². The fourth-order valence-corrected chi connectivity index (χ4v) is 2.96. The van der Waals surface area contributed by atoms with Crippen molar-refractivity contribution in [3.05, 3.63) is 34.7 Å². The van der Waals surface area contributed by atoms with Crippen molar-refractivity contribution in [1.82, 2.24) is 0 Å². The smallest absolute Gasteiger partial charge is 0.238 e. The van der Waals surface area contributed by atoms with Gasteiger partial charge in [0.1, 0.15) is 17.9 Å².